The average Bonchev–Trinajstić information content (AvgIpc) is 2.58. The maximum Gasteiger partial charge on any atom is 0.178 e. The molecule has 23 heavy (non-hydrogen) atoms. The van der Waals surface area contributed by atoms with Crippen LogP contribution in [0, 0.1) is 0 Å². The highest BCUT2D eigenvalue weighted by atomic mass is 16.1. The van der Waals surface area contributed by atoms with Gasteiger partial charge in [-0.05, 0) is 47.6 Å². The average molecular weight is 306 g/mol. The second kappa shape index (κ2) is 7.99. The molecule has 118 valence electrons. The number of nitrogens with one attached hydrogen (secondary N) is 1. The normalized spacial score (nSPS) is 11.1. The number of nitrogens with zero attached hydrogens (tertiary/aromatic N) is 1. The molecule has 3 nitrogen and oxygen atoms in total. The van der Waals surface area contributed by atoms with E-state index in [-0.39, 0.29) is 5.78 Å². The van der Waals surface area contributed by atoms with Crippen LogP contribution in [0.3, 0.4) is 0 Å². The van der Waals surface area contributed by atoms with Crippen LogP contribution in [0.1, 0.15) is 11.1 Å². The number of anilines is 2. The van der Waals surface area contributed by atoms with Crippen molar-refractivity contribution in [2.45, 2.75) is 0 Å². The van der Waals surface area contributed by atoms with Crippen molar-refractivity contribution in [1.29, 1.82) is 0 Å². The number of rotatable bonds is 6. The highest BCUT2D eigenvalue weighted by Gasteiger charge is 1.97. The summed E-state index contributed by atoms with van der Waals surface area (Å²) in [7, 11) is 5.87. The molecule has 0 heterocycles. The summed E-state index contributed by atoms with van der Waals surface area (Å²) in [6.07, 6.45) is 6.83. The number of hydrogen-bond acceptors (Lipinski definition) is 3. The van der Waals surface area contributed by atoms with Crippen LogP contribution in [-0.2, 0) is 4.79 Å². The van der Waals surface area contributed by atoms with Crippen molar-refractivity contribution in [2.75, 3.05) is 31.4 Å². The first-order chi connectivity index (χ1) is 11.1. The summed E-state index contributed by atoms with van der Waals surface area (Å²) >= 11 is 0. The fourth-order valence-corrected chi connectivity index (χ4v) is 2.16. The van der Waals surface area contributed by atoms with Gasteiger partial charge < -0.3 is 10.2 Å². The topological polar surface area (TPSA) is 32.3 Å². The third-order valence-electron chi connectivity index (χ3n) is 3.51. The van der Waals surface area contributed by atoms with Crippen molar-refractivity contribution in [1.82, 2.24) is 0 Å². The number of carbonyl (C=O) groups excluding carboxylic acids is 1. The van der Waals surface area contributed by atoms with Crippen LogP contribution in [-0.4, -0.2) is 26.9 Å². The molecule has 0 aliphatic rings. The lowest BCUT2D eigenvalue weighted by Crippen LogP contribution is -2.07. The third-order valence-corrected chi connectivity index (χ3v) is 3.51. The molecule has 0 saturated heterocycles. The van der Waals surface area contributed by atoms with E-state index >= 15 is 0 Å². The monoisotopic (exact) mass is 306 g/mol. The number of allylic oxidation sites excluding steroid dienone is 2. The largest absolute Gasteiger partial charge is 0.388 e. The van der Waals surface area contributed by atoms with Crippen molar-refractivity contribution in [3.05, 3.63) is 71.8 Å². The van der Waals surface area contributed by atoms with Crippen molar-refractivity contribution >= 4 is 29.3 Å². The van der Waals surface area contributed by atoms with Gasteiger partial charge in [-0.15, -0.1) is 0 Å². The predicted molar refractivity (Wildman–Crippen MR) is 99.8 cm³/mol. The molecule has 3 heteroatoms. The van der Waals surface area contributed by atoms with Crippen molar-refractivity contribution < 1.29 is 4.79 Å². The zero-order valence-corrected chi connectivity index (χ0v) is 13.8. The first-order valence-corrected chi connectivity index (χ1v) is 7.54. The van der Waals surface area contributed by atoms with E-state index in [1.165, 1.54) is 0 Å². The van der Waals surface area contributed by atoms with Crippen molar-refractivity contribution in [2.24, 2.45) is 0 Å². The fraction of sp³-hybridized carbons (Fsp3) is 0.150. The summed E-state index contributed by atoms with van der Waals surface area (Å²) in [5.41, 5.74) is 4.14. The molecular formula is C20H22N2O. The SMILES string of the molecule is CNc1ccccc1/C=C/C(=O)/C=C/c1ccc(N(C)C)cc1. The summed E-state index contributed by atoms with van der Waals surface area (Å²) in [5.74, 6) is -0.0346. The van der Waals surface area contributed by atoms with Gasteiger partial charge in [0.2, 0.25) is 0 Å². The third kappa shape index (κ3) is 4.85. The molecule has 1 N–H and O–H groups in total. The van der Waals surface area contributed by atoms with Crippen LogP contribution >= 0.6 is 0 Å². The minimum atomic E-state index is -0.0346. The summed E-state index contributed by atoms with van der Waals surface area (Å²) in [5, 5.41) is 3.11. The molecule has 2 aromatic rings. The Morgan fingerprint density at radius 3 is 2.26 bits per heavy atom. The highest BCUT2D eigenvalue weighted by molar-refractivity contribution is 6.04. The van der Waals surface area contributed by atoms with Crippen LogP contribution < -0.4 is 10.2 Å². The molecule has 0 aliphatic carbocycles. The van der Waals surface area contributed by atoms with Gasteiger partial charge in [0, 0.05) is 32.5 Å². The van der Waals surface area contributed by atoms with Gasteiger partial charge in [-0.3, -0.25) is 4.79 Å². The summed E-state index contributed by atoms with van der Waals surface area (Å²) < 4.78 is 0. The molecular weight excluding hydrogens is 284 g/mol. The van der Waals surface area contributed by atoms with Gasteiger partial charge >= 0.3 is 0 Å². The zero-order chi connectivity index (χ0) is 16.7. The molecule has 0 unspecified atom stereocenters. The molecule has 0 spiro atoms. The van der Waals surface area contributed by atoms with Gasteiger partial charge in [0.1, 0.15) is 0 Å². The number of ketones is 1. The summed E-state index contributed by atoms with van der Waals surface area (Å²) in [6.45, 7) is 0. The molecule has 0 fully saturated rings. The number of benzene rings is 2. The molecule has 0 radical (unpaired) electrons. The maximum absolute atomic E-state index is 12.0. The van der Waals surface area contributed by atoms with Crippen LogP contribution in [0.4, 0.5) is 11.4 Å². The Morgan fingerprint density at radius 2 is 1.61 bits per heavy atom. The van der Waals surface area contributed by atoms with Gasteiger partial charge in [-0.2, -0.15) is 0 Å². The van der Waals surface area contributed by atoms with Gasteiger partial charge in [0.15, 0.2) is 5.78 Å². The number of hydrogen-bond donors (Lipinski definition) is 1. The fourth-order valence-electron chi connectivity index (χ4n) is 2.16. The van der Waals surface area contributed by atoms with E-state index in [4.69, 9.17) is 0 Å². The summed E-state index contributed by atoms with van der Waals surface area (Å²) in [6, 6.07) is 15.9. The first-order valence-electron chi connectivity index (χ1n) is 7.54. The quantitative estimate of drug-likeness (QED) is 0.816. The Morgan fingerprint density at radius 1 is 0.957 bits per heavy atom. The van der Waals surface area contributed by atoms with Crippen LogP contribution in [0.5, 0.6) is 0 Å². The molecule has 2 rings (SSSR count). The van der Waals surface area contributed by atoms with Crippen molar-refractivity contribution in [3.8, 4) is 0 Å². The second-order valence-corrected chi connectivity index (χ2v) is 5.39. The molecule has 2 aromatic carbocycles. The van der Waals surface area contributed by atoms with Crippen molar-refractivity contribution in [3.63, 3.8) is 0 Å². The van der Waals surface area contributed by atoms with Gasteiger partial charge in [0.25, 0.3) is 0 Å². The minimum absolute atomic E-state index is 0.0346. The highest BCUT2D eigenvalue weighted by Crippen LogP contribution is 2.16. The van der Waals surface area contributed by atoms with E-state index in [1.54, 1.807) is 12.2 Å². The Kier molecular flexibility index (Phi) is 5.75. The van der Waals surface area contributed by atoms with Gasteiger partial charge in [-0.1, -0.05) is 36.4 Å². The van der Waals surface area contributed by atoms with E-state index < -0.39 is 0 Å². The van der Waals surface area contributed by atoms with E-state index in [0.717, 1.165) is 22.5 Å². The lowest BCUT2D eigenvalue weighted by molar-refractivity contribution is -0.110. The number of para-hydroxylation sites is 1. The van der Waals surface area contributed by atoms with E-state index in [2.05, 4.69) is 5.32 Å². The van der Waals surface area contributed by atoms with Crippen LogP contribution in [0.2, 0.25) is 0 Å². The van der Waals surface area contributed by atoms with Crippen LogP contribution in [0.15, 0.2) is 60.7 Å². The molecule has 0 atom stereocenters. The van der Waals surface area contributed by atoms with Crippen LogP contribution in [0.25, 0.3) is 12.2 Å². The lowest BCUT2D eigenvalue weighted by atomic mass is 10.1. The van der Waals surface area contributed by atoms with Gasteiger partial charge in [-0.25, -0.2) is 0 Å². The molecule has 0 bridgehead atoms. The van der Waals surface area contributed by atoms with E-state index in [9.17, 15) is 4.79 Å². The smallest absolute Gasteiger partial charge is 0.178 e. The second-order valence-electron chi connectivity index (χ2n) is 5.39. The Hall–Kier alpha value is -2.81. The molecule has 0 aromatic heterocycles. The molecule has 0 amide bonds. The standard InChI is InChI=1S/C20H22N2O/c1-21-20-7-5-4-6-17(20)11-15-19(23)14-10-16-8-12-18(13-9-16)22(2)3/h4-15,21H,1-3H3/b14-10+,15-11+. The van der Waals surface area contributed by atoms with Gasteiger partial charge in [0.05, 0.1) is 0 Å². The van der Waals surface area contributed by atoms with E-state index in [1.807, 2.05) is 86.7 Å². The number of carbonyl (C=O) groups is 1. The Balaban J connectivity index is 2.02. The summed E-state index contributed by atoms with van der Waals surface area (Å²) in [4.78, 5) is 14.0. The maximum atomic E-state index is 12.0. The molecule has 0 saturated carbocycles. The zero-order valence-electron chi connectivity index (χ0n) is 13.8. The Bertz CT molecular complexity index is 713. The van der Waals surface area contributed by atoms with E-state index in [0.29, 0.717) is 0 Å². The lowest BCUT2D eigenvalue weighted by Gasteiger charge is -2.11. The predicted octanol–water partition coefficient (Wildman–Crippen LogP) is 4.09. The first kappa shape index (κ1) is 16.6. The minimum Gasteiger partial charge on any atom is -0.388 e. The Labute approximate surface area is 138 Å². The molecule has 0 aliphatic heterocycles.